The molecule has 0 unspecified atom stereocenters. The van der Waals surface area contributed by atoms with E-state index in [1.54, 1.807) is 25.3 Å². The van der Waals surface area contributed by atoms with Crippen LogP contribution in [0, 0.1) is 0 Å². The smallest absolute Gasteiger partial charge is 0.258 e. The molecule has 1 saturated carbocycles. The standard InChI is InChI=1S/C23H26Cl2N2O4/c1-29-20-11-9-15(8-10-17-18(24)12-26-13-19(17)25)22(23(20)30-2)31-14-21(28)27-16-6-4-3-5-7-16/h8-13,16H,3-7,14H2,1-2H3,(H,27,28). The minimum Gasteiger partial charge on any atom is -0.493 e. The number of ether oxygens (including phenoxy) is 3. The van der Waals surface area contributed by atoms with E-state index in [1.165, 1.54) is 25.9 Å². The molecule has 6 nitrogen and oxygen atoms in total. The van der Waals surface area contributed by atoms with Crippen molar-refractivity contribution in [1.29, 1.82) is 0 Å². The molecule has 0 saturated heterocycles. The van der Waals surface area contributed by atoms with Crippen molar-refractivity contribution >= 4 is 41.3 Å². The fourth-order valence-corrected chi connectivity index (χ4v) is 4.09. The molecule has 3 rings (SSSR count). The summed E-state index contributed by atoms with van der Waals surface area (Å²) in [5.74, 6) is 1.15. The van der Waals surface area contributed by atoms with Gasteiger partial charge in [-0.15, -0.1) is 0 Å². The van der Waals surface area contributed by atoms with E-state index in [-0.39, 0.29) is 18.6 Å². The number of pyridine rings is 1. The van der Waals surface area contributed by atoms with Crippen LogP contribution in [0.5, 0.6) is 17.2 Å². The predicted octanol–water partition coefficient (Wildman–Crippen LogP) is 5.40. The SMILES string of the molecule is COc1ccc(C=Cc2c(Cl)cncc2Cl)c(OCC(=O)NC2CCCCC2)c1OC. The Morgan fingerprint density at radius 3 is 2.42 bits per heavy atom. The molecule has 1 fully saturated rings. The number of carbonyl (C=O) groups excluding carboxylic acids is 1. The molecule has 0 atom stereocenters. The molecule has 0 bridgehead atoms. The summed E-state index contributed by atoms with van der Waals surface area (Å²) < 4.78 is 16.8. The Hall–Kier alpha value is -2.44. The van der Waals surface area contributed by atoms with Crippen molar-refractivity contribution in [3.63, 3.8) is 0 Å². The van der Waals surface area contributed by atoms with Gasteiger partial charge in [0.15, 0.2) is 18.1 Å². The molecule has 1 amide bonds. The minimum absolute atomic E-state index is 0.127. The summed E-state index contributed by atoms with van der Waals surface area (Å²) in [5.41, 5.74) is 1.32. The molecule has 2 aromatic rings. The highest BCUT2D eigenvalue weighted by Gasteiger charge is 2.19. The predicted molar refractivity (Wildman–Crippen MR) is 123 cm³/mol. The second kappa shape index (κ2) is 11.3. The lowest BCUT2D eigenvalue weighted by atomic mass is 9.95. The molecule has 31 heavy (non-hydrogen) atoms. The molecule has 0 aliphatic heterocycles. The van der Waals surface area contributed by atoms with Crippen molar-refractivity contribution in [3.05, 3.63) is 45.7 Å². The number of methoxy groups -OCH3 is 2. The van der Waals surface area contributed by atoms with E-state index < -0.39 is 0 Å². The van der Waals surface area contributed by atoms with Crippen molar-refractivity contribution in [2.75, 3.05) is 20.8 Å². The van der Waals surface area contributed by atoms with E-state index in [1.807, 2.05) is 6.07 Å². The summed E-state index contributed by atoms with van der Waals surface area (Å²) in [7, 11) is 3.07. The lowest BCUT2D eigenvalue weighted by Gasteiger charge is -2.23. The molecular weight excluding hydrogens is 439 g/mol. The molecule has 1 heterocycles. The molecule has 1 aliphatic rings. The number of carbonyl (C=O) groups is 1. The van der Waals surface area contributed by atoms with Gasteiger partial charge in [0.1, 0.15) is 0 Å². The van der Waals surface area contributed by atoms with Crippen molar-refractivity contribution < 1.29 is 19.0 Å². The first kappa shape index (κ1) is 23.2. The number of amides is 1. The van der Waals surface area contributed by atoms with Crippen LogP contribution >= 0.6 is 23.2 Å². The number of nitrogens with one attached hydrogen (secondary N) is 1. The maximum atomic E-state index is 12.5. The molecule has 1 N–H and O–H groups in total. The van der Waals surface area contributed by atoms with E-state index in [0.717, 1.165) is 25.7 Å². The maximum absolute atomic E-state index is 12.5. The Labute approximate surface area is 192 Å². The Bertz CT molecular complexity index is 923. The lowest BCUT2D eigenvalue weighted by molar-refractivity contribution is -0.124. The highest BCUT2D eigenvalue weighted by atomic mass is 35.5. The van der Waals surface area contributed by atoms with Crippen LogP contribution in [0.1, 0.15) is 43.2 Å². The lowest BCUT2D eigenvalue weighted by Crippen LogP contribution is -2.39. The highest BCUT2D eigenvalue weighted by molar-refractivity contribution is 6.37. The summed E-state index contributed by atoms with van der Waals surface area (Å²) >= 11 is 12.4. The minimum atomic E-state index is -0.160. The van der Waals surface area contributed by atoms with Gasteiger partial charge in [0, 0.05) is 29.6 Å². The molecule has 1 aromatic carbocycles. The van der Waals surface area contributed by atoms with Crippen molar-refractivity contribution in [2.45, 2.75) is 38.1 Å². The third-order valence-corrected chi connectivity index (χ3v) is 5.77. The van der Waals surface area contributed by atoms with Gasteiger partial charge < -0.3 is 19.5 Å². The fourth-order valence-electron chi connectivity index (χ4n) is 3.60. The van der Waals surface area contributed by atoms with Crippen molar-refractivity contribution in [1.82, 2.24) is 10.3 Å². The second-order valence-corrected chi connectivity index (χ2v) is 8.08. The van der Waals surface area contributed by atoms with E-state index in [0.29, 0.717) is 38.4 Å². The molecule has 1 aliphatic carbocycles. The van der Waals surface area contributed by atoms with Gasteiger partial charge in [0.25, 0.3) is 5.91 Å². The van der Waals surface area contributed by atoms with Crippen LogP contribution in [0.4, 0.5) is 0 Å². The highest BCUT2D eigenvalue weighted by Crippen LogP contribution is 2.41. The first-order chi connectivity index (χ1) is 15.0. The van der Waals surface area contributed by atoms with Gasteiger partial charge in [-0.25, -0.2) is 0 Å². The summed E-state index contributed by atoms with van der Waals surface area (Å²) in [6.07, 6.45) is 12.1. The number of aromatic nitrogens is 1. The maximum Gasteiger partial charge on any atom is 0.258 e. The Balaban J connectivity index is 1.82. The zero-order valence-corrected chi connectivity index (χ0v) is 19.1. The van der Waals surface area contributed by atoms with Crippen molar-refractivity contribution in [2.24, 2.45) is 0 Å². The summed E-state index contributed by atoms with van der Waals surface area (Å²) in [4.78, 5) is 16.4. The topological polar surface area (TPSA) is 69.7 Å². The van der Waals surface area contributed by atoms with Gasteiger partial charge in [0.05, 0.1) is 24.3 Å². The molecule has 0 radical (unpaired) electrons. The zero-order valence-electron chi connectivity index (χ0n) is 17.6. The molecule has 0 spiro atoms. The fraction of sp³-hybridized carbons (Fsp3) is 0.391. The van der Waals surface area contributed by atoms with Crippen LogP contribution in [-0.4, -0.2) is 37.8 Å². The summed E-state index contributed by atoms with van der Waals surface area (Å²) in [5, 5.41) is 3.91. The number of hydrogen-bond donors (Lipinski definition) is 1. The number of halogens is 2. The molecule has 1 aromatic heterocycles. The van der Waals surface area contributed by atoms with E-state index in [9.17, 15) is 4.79 Å². The monoisotopic (exact) mass is 464 g/mol. The van der Waals surface area contributed by atoms with E-state index in [4.69, 9.17) is 37.4 Å². The third-order valence-electron chi connectivity index (χ3n) is 5.17. The van der Waals surface area contributed by atoms with Gasteiger partial charge in [-0.05, 0) is 25.0 Å². The van der Waals surface area contributed by atoms with Crippen LogP contribution in [0.25, 0.3) is 12.2 Å². The van der Waals surface area contributed by atoms with Crippen molar-refractivity contribution in [3.8, 4) is 17.2 Å². The normalized spacial score (nSPS) is 14.5. The first-order valence-electron chi connectivity index (χ1n) is 10.2. The van der Waals surface area contributed by atoms with Crippen LogP contribution < -0.4 is 19.5 Å². The van der Waals surface area contributed by atoms with Crippen LogP contribution in [0.15, 0.2) is 24.5 Å². The molecule has 8 heteroatoms. The average Bonchev–Trinajstić information content (AvgIpc) is 2.77. The first-order valence-corrected chi connectivity index (χ1v) is 10.9. The summed E-state index contributed by atoms with van der Waals surface area (Å²) in [6, 6.07) is 3.80. The molecule has 166 valence electrons. The van der Waals surface area contributed by atoms with Crippen LogP contribution in [0.3, 0.4) is 0 Å². The number of benzene rings is 1. The van der Waals surface area contributed by atoms with Crippen LogP contribution in [-0.2, 0) is 4.79 Å². The zero-order chi connectivity index (χ0) is 22.2. The number of nitrogens with zero attached hydrogens (tertiary/aromatic N) is 1. The summed E-state index contributed by atoms with van der Waals surface area (Å²) in [6.45, 7) is -0.127. The number of hydrogen-bond acceptors (Lipinski definition) is 5. The van der Waals surface area contributed by atoms with Gasteiger partial charge in [-0.1, -0.05) is 54.6 Å². The van der Waals surface area contributed by atoms with Gasteiger partial charge >= 0.3 is 0 Å². The Morgan fingerprint density at radius 2 is 1.77 bits per heavy atom. The van der Waals surface area contributed by atoms with Crippen LogP contribution in [0.2, 0.25) is 10.0 Å². The van der Waals surface area contributed by atoms with Gasteiger partial charge in [-0.2, -0.15) is 0 Å². The van der Waals surface area contributed by atoms with E-state index >= 15 is 0 Å². The largest absolute Gasteiger partial charge is 0.493 e. The number of rotatable bonds is 8. The second-order valence-electron chi connectivity index (χ2n) is 7.26. The van der Waals surface area contributed by atoms with Gasteiger partial charge in [-0.3, -0.25) is 9.78 Å². The molecular formula is C23H26Cl2N2O4. The van der Waals surface area contributed by atoms with Gasteiger partial charge in [0.2, 0.25) is 5.75 Å². The average molecular weight is 465 g/mol. The third kappa shape index (κ3) is 6.05. The Kier molecular flexibility index (Phi) is 8.43. The van der Waals surface area contributed by atoms with E-state index in [2.05, 4.69) is 10.3 Å². The Morgan fingerprint density at radius 1 is 1.06 bits per heavy atom. The quantitative estimate of drug-likeness (QED) is 0.565.